The van der Waals surface area contributed by atoms with Gasteiger partial charge in [-0.1, -0.05) is 72.6 Å². The van der Waals surface area contributed by atoms with E-state index < -0.39 is 59.5 Å². The maximum Gasteiger partial charge on any atom is 0.247 e. The third kappa shape index (κ3) is 14.2. The Morgan fingerprint density at radius 3 is 2.17 bits per heavy atom. The van der Waals surface area contributed by atoms with Crippen LogP contribution in [0.2, 0.25) is 10.0 Å². The van der Waals surface area contributed by atoms with Crippen LogP contribution < -0.4 is 15.4 Å². The average Bonchev–Trinajstić information content (AvgIpc) is 3.71. The normalized spacial score (nSPS) is 20.1. The highest BCUT2D eigenvalue weighted by Gasteiger charge is 2.37. The van der Waals surface area contributed by atoms with Crippen molar-refractivity contribution < 1.29 is 37.8 Å². The van der Waals surface area contributed by atoms with E-state index in [1.807, 2.05) is 91.4 Å². The first-order valence-corrected chi connectivity index (χ1v) is 24.7. The largest absolute Gasteiger partial charge is 0.457 e. The Hall–Kier alpha value is -6.33. The van der Waals surface area contributed by atoms with Gasteiger partial charge in [-0.05, 0) is 99.9 Å². The molecule has 5 amide bonds. The third-order valence-corrected chi connectivity index (χ3v) is 13.6. The van der Waals surface area contributed by atoms with Gasteiger partial charge in [-0.25, -0.2) is 9.37 Å². The fraction of sp³-hybridized carbons (Fsp3) is 0.407. The van der Waals surface area contributed by atoms with E-state index in [0.717, 1.165) is 28.7 Å². The second-order valence-corrected chi connectivity index (χ2v) is 19.5. The van der Waals surface area contributed by atoms with Crippen LogP contribution in [0.3, 0.4) is 0 Å². The lowest BCUT2D eigenvalue weighted by molar-refractivity contribution is -0.147. The van der Waals surface area contributed by atoms with Crippen molar-refractivity contribution in [3.05, 3.63) is 136 Å². The van der Waals surface area contributed by atoms with Gasteiger partial charge in [0.15, 0.2) is 0 Å². The first-order valence-electron chi connectivity index (χ1n) is 24.0. The summed E-state index contributed by atoms with van der Waals surface area (Å²) in [6.45, 7) is 3.83. The molecule has 0 unspecified atom stereocenters. The number of imidazole rings is 1. The number of carbonyl (C=O) groups is 5. The number of hydrogen-bond acceptors (Lipinski definition) is 9. The zero-order chi connectivity index (χ0) is 52.2. The predicted octanol–water partition coefficient (Wildman–Crippen LogP) is 7.31. The van der Waals surface area contributed by atoms with E-state index in [1.165, 1.54) is 41.0 Å². The lowest BCUT2D eigenvalue weighted by Crippen LogP contribution is -2.58. The summed E-state index contributed by atoms with van der Waals surface area (Å²) in [5.41, 5.74) is 3.40. The van der Waals surface area contributed by atoms with E-state index in [-0.39, 0.29) is 68.3 Å². The van der Waals surface area contributed by atoms with E-state index in [4.69, 9.17) is 32.7 Å². The monoisotopic (exact) mass is 1030 g/mol. The number of halogens is 3. The number of methoxy groups -OCH3 is 1. The molecule has 15 nitrogen and oxygen atoms in total. The number of hydrogen-bond donors (Lipinski definition) is 2. The fourth-order valence-electron chi connectivity index (χ4n) is 8.81. The number of nitrogens with one attached hydrogen (secondary N) is 2. The summed E-state index contributed by atoms with van der Waals surface area (Å²) in [6, 6.07) is 22.1. The standard InChI is InChI=1S/C54H65Cl2FN8O7/c1-9-46-52(68)60-45(33-71-8)54(70)63(6)42(24-37-15-19-40(55)26-44(37)57)28-50(66)59-29-34(2)62(5)53(69)39(23-35-13-11-10-12-14-35)25-51(67)65(46)31-38-16-20-41(56)27-48(38)72-43-21-17-36(18-22-43)47-30-58-49(64(47)7)32-61(3)4/h10-22,26-27,30,34,39,42,45-46H,9,23-25,28-29,31-33H2,1-8H3,(H,59,66)(H,60,68)/t34-,39+,42-,45-,46-/m0/s1. The van der Waals surface area contributed by atoms with Crippen LogP contribution in [0, 0.1) is 11.7 Å². The second kappa shape index (κ2) is 25.4. The molecule has 6 rings (SSSR count). The fourth-order valence-corrected chi connectivity index (χ4v) is 9.13. The molecule has 0 radical (unpaired) electrons. The van der Waals surface area contributed by atoms with Crippen molar-refractivity contribution in [3.8, 4) is 22.8 Å². The van der Waals surface area contributed by atoms with E-state index in [9.17, 15) is 19.2 Å². The van der Waals surface area contributed by atoms with Gasteiger partial charge in [0.2, 0.25) is 29.5 Å². The molecule has 4 aromatic carbocycles. The number of ether oxygens (including phenoxy) is 2. The van der Waals surface area contributed by atoms with Crippen LogP contribution in [0.1, 0.15) is 55.6 Å². The highest BCUT2D eigenvalue weighted by Crippen LogP contribution is 2.33. The van der Waals surface area contributed by atoms with Crippen molar-refractivity contribution in [1.29, 1.82) is 0 Å². The Balaban J connectivity index is 1.39. The molecule has 0 bridgehead atoms. The molecule has 2 heterocycles. The van der Waals surface area contributed by atoms with Gasteiger partial charge in [0.25, 0.3) is 0 Å². The number of amides is 5. The number of rotatable bonds is 14. The lowest BCUT2D eigenvalue weighted by Gasteiger charge is -2.36. The van der Waals surface area contributed by atoms with E-state index in [0.29, 0.717) is 28.6 Å². The van der Waals surface area contributed by atoms with Gasteiger partial charge in [0.1, 0.15) is 35.2 Å². The summed E-state index contributed by atoms with van der Waals surface area (Å²) in [6.07, 6.45) is 1.53. The van der Waals surface area contributed by atoms with Crippen molar-refractivity contribution in [1.82, 2.24) is 39.8 Å². The van der Waals surface area contributed by atoms with Crippen molar-refractivity contribution in [2.45, 2.75) is 83.2 Å². The minimum atomic E-state index is -1.29. The van der Waals surface area contributed by atoms with Crippen LogP contribution >= 0.6 is 23.2 Å². The van der Waals surface area contributed by atoms with Crippen molar-refractivity contribution >= 4 is 52.7 Å². The molecule has 384 valence electrons. The van der Waals surface area contributed by atoms with Gasteiger partial charge >= 0.3 is 0 Å². The van der Waals surface area contributed by atoms with E-state index in [2.05, 4.69) is 15.6 Å². The van der Waals surface area contributed by atoms with Gasteiger partial charge in [0.05, 0.1) is 37.5 Å². The minimum absolute atomic E-state index is 0.0439. The smallest absolute Gasteiger partial charge is 0.247 e. The number of likely N-dealkylation sites (N-methyl/N-ethyl adjacent to an activating group) is 2. The van der Waals surface area contributed by atoms with Gasteiger partial charge in [-0.3, -0.25) is 24.0 Å². The number of nitrogens with zero attached hydrogens (tertiary/aromatic N) is 6. The summed E-state index contributed by atoms with van der Waals surface area (Å²) in [5, 5.41) is 6.29. The summed E-state index contributed by atoms with van der Waals surface area (Å²) in [7, 11) is 10.4. The maximum absolute atomic E-state index is 15.3. The molecular weight excluding hydrogens is 963 g/mol. The molecule has 0 aliphatic carbocycles. The van der Waals surface area contributed by atoms with E-state index >= 15 is 9.18 Å². The molecule has 2 N–H and O–H groups in total. The molecule has 1 fully saturated rings. The first-order chi connectivity index (χ1) is 34.4. The molecule has 0 spiro atoms. The summed E-state index contributed by atoms with van der Waals surface area (Å²) in [5.74, 6) is -2.34. The third-order valence-electron chi connectivity index (χ3n) is 13.1. The Bertz CT molecular complexity index is 2690. The molecular formula is C54H65Cl2FN8O7. The highest BCUT2D eigenvalue weighted by atomic mass is 35.5. The Morgan fingerprint density at radius 2 is 1.51 bits per heavy atom. The molecule has 5 aromatic rings. The van der Waals surface area contributed by atoms with Gasteiger partial charge in [-0.15, -0.1) is 0 Å². The van der Waals surface area contributed by atoms with Crippen LogP contribution in [0.15, 0.2) is 97.2 Å². The minimum Gasteiger partial charge on any atom is -0.457 e. The lowest BCUT2D eigenvalue weighted by atomic mass is 9.93. The molecule has 72 heavy (non-hydrogen) atoms. The Kier molecular flexibility index (Phi) is 19.4. The molecule has 1 saturated heterocycles. The number of carbonyl (C=O) groups excluding carboxylic acids is 5. The van der Waals surface area contributed by atoms with Gasteiger partial charge in [0, 0.05) is 80.9 Å². The molecule has 1 aliphatic rings. The summed E-state index contributed by atoms with van der Waals surface area (Å²) >= 11 is 12.7. The topological polar surface area (TPSA) is 159 Å². The second-order valence-electron chi connectivity index (χ2n) is 18.6. The SMILES string of the molecule is CC[C@H]1C(=O)N[C@@H](COC)C(=O)N(C)[C@@H](Cc2ccc(Cl)cc2F)CC(=O)NC[C@H](C)N(C)C(=O)[C@H](Cc2ccccc2)CC(=O)N1Cc1ccc(Cl)cc1Oc1ccc(-c2cnc(CN(C)C)n2C)cc1. The van der Waals surface area contributed by atoms with Crippen LogP contribution in [-0.2, 0) is 61.7 Å². The molecule has 1 aliphatic heterocycles. The zero-order valence-electron chi connectivity index (χ0n) is 42.2. The van der Waals surface area contributed by atoms with Crippen LogP contribution in [0.4, 0.5) is 4.39 Å². The van der Waals surface area contributed by atoms with Gasteiger partial charge in [-0.2, -0.15) is 0 Å². The first kappa shape index (κ1) is 55.0. The van der Waals surface area contributed by atoms with Crippen molar-refractivity contribution in [2.24, 2.45) is 13.0 Å². The zero-order valence-corrected chi connectivity index (χ0v) is 43.7. The van der Waals surface area contributed by atoms with Gasteiger partial charge < -0.3 is 44.3 Å². The molecule has 5 atom stereocenters. The molecule has 0 saturated carbocycles. The quantitative estimate of drug-likeness (QED) is 0.116. The van der Waals surface area contributed by atoms with Crippen molar-refractivity contribution in [2.75, 3.05) is 48.5 Å². The van der Waals surface area contributed by atoms with Crippen LogP contribution in [0.5, 0.6) is 11.5 Å². The average molecular weight is 1030 g/mol. The molecule has 1 aromatic heterocycles. The summed E-state index contributed by atoms with van der Waals surface area (Å²) in [4.78, 5) is 83.8. The van der Waals surface area contributed by atoms with E-state index in [1.54, 1.807) is 39.1 Å². The Labute approximate surface area is 431 Å². The molecule has 18 heteroatoms. The summed E-state index contributed by atoms with van der Waals surface area (Å²) < 4.78 is 29.3. The maximum atomic E-state index is 15.3. The Morgan fingerprint density at radius 1 is 0.833 bits per heavy atom. The van der Waals surface area contributed by atoms with Crippen molar-refractivity contribution in [3.63, 3.8) is 0 Å². The highest BCUT2D eigenvalue weighted by molar-refractivity contribution is 6.31. The number of benzene rings is 4. The van der Waals surface area contributed by atoms with Crippen LogP contribution in [-0.4, -0.2) is 131 Å². The predicted molar refractivity (Wildman–Crippen MR) is 276 cm³/mol. The number of aromatic nitrogens is 2. The van der Waals surface area contributed by atoms with Crippen LogP contribution in [0.25, 0.3) is 11.3 Å².